The molecule has 2 aromatic carbocycles. The molecular weight excluding hydrogens is 427 g/mol. The summed E-state index contributed by atoms with van der Waals surface area (Å²) >= 11 is 12.9. The standard InChI is InChI=1S/C26H32Cl2N2O/c1-17(26(2,3)4)10-8-9-13-20-16-23-21-14-19(27)15-22(28)24(21)31-25(30(23)29-20)18-11-6-5-7-12-18/h5-7,11-12,14-15,17,23,25H,8-10,13,16H2,1-4H3. The second-order valence-corrected chi connectivity index (χ2v) is 10.8. The molecule has 5 heteroatoms. The fraction of sp³-hybridized carbons (Fsp3) is 0.500. The lowest BCUT2D eigenvalue weighted by Crippen LogP contribution is -2.33. The Morgan fingerprint density at radius 2 is 1.87 bits per heavy atom. The van der Waals surface area contributed by atoms with Crippen molar-refractivity contribution < 1.29 is 4.74 Å². The van der Waals surface area contributed by atoms with E-state index in [2.05, 4.69) is 44.8 Å². The minimum atomic E-state index is -0.282. The molecule has 4 rings (SSSR count). The van der Waals surface area contributed by atoms with Crippen LogP contribution in [-0.2, 0) is 0 Å². The Kier molecular flexibility index (Phi) is 6.55. The highest BCUT2D eigenvalue weighted by molar-refractivity contribution is 6.35. The molecule has 0 radical (unpaired) electrons. The number of benzene rings is 2. The van der Waals surface area contributed by atoms with Gasteiger partial charge in [0.1, 0.15) is 5.75 Å². The third-order valence-electron chi connectivity index (χ3n) is 6.79. The number of nitrogens with zero attached hydrogens (tertiary/aromatic N) is 2. The quantitative estimate of drug-likeness (QED) is 0.405. The van der Waals surface area contributed by atoms with Crippen molar-refractivity contribution in [2.45, 2.75) is 72.1 Å². The van der Waals surface area contributed by atoms with E-state index in [9.17, 15) is 0 Å². The minimum absolute atomic E-state index is 0.105. The Morgan fingerprint density at radius 1 is 1.13 bits per heavy atom. The number of hydrazone groups is 1. The van der Waals surface area contributed by atoms with Gasteiger partial charge in [0.2, 0.25) is 6.23 Å². The van der Waals surface area contributed by atoms with Gasteiger partial charge in [0.25, 0.3) is 0 Å². The number of fused-ring (bicyclic) bond motifs is 3. The molecule has 2 aromatic rings. The average Bonchev–Trinajstić information content (AvgIpc) is 3.15. The van der Waals surface area contributed by atoms with Crippen LogP contribution < -0.4 is 4.74 Å². The summed E-state index contributed by atoms with van der Waals surface area (Å²) in [7, 11) is 0. The fourth-order valence-electron chi connectivity index (χ4n) is 4.38. The van der Waals surface area contributed by atoms with Crippen molar-refractivity contribution in [3.05, 3.63) is 63.6 Å². The second kappa shape index (κ2) is 9.03. The van der Waals surface area contributed by atoms with Gasteiger partial charge in [0.15, 0.2) is 0 Å². The maximum absolute atomic E-state index is 6.53. The van der Waals surface area contributed by atoms with Crippen molar-refractivity contribution in [1.82, 2.24) is 5.01 Å². The summed E-state index contributed by atoms with van der Waals surface area (Å²) in [5, 5.41) is 8.34. The summed E-state index contributed by atoms with van der Waals surface area (Å²) in [6.07, 6.45) is 5.29. The molecule has 0 bridgehead atoms. The lowest BCUT2D eigenvalue weighted by Gasteiger charge is -2.38. The number of halogens is 2. The molecule has 3 atom stereocenters. The smallest absolute Gasteiger partial charge is 0.213 e. The molecule has 3 unspecified atom stereocenters. The van der Waals surface area contributed by atoms with Crippen LogP contribution >= 0.6 is 23.2 Å². The highest BCUT2D eigenvalue weighted by Gasteiger charge is 2.41. The number of hydrogen-bond donors (Lipinski definition) is 0. The molecule has 0 amide bonds. The van der Waals surface area contributed by atoms with Crippen molar-refractivity contribution in [2.24, 2.45) is 16.4 Å². The molecule has 0 spiro atoms. The number of rotatable bonds is 6. The lowest BCUT2D eigenvalue weighted by molar-refractivity contribution is -0.0189. The van der Waals surface area contributed by atoms with E-state index in [1.165, 1.54) is 25.0 Å². The van der Waals surface area contributed by atoms with Gasteiger partial charge in [0.05, 0.1) is 11.1 Å². The fourth-order valence-corrected chi connectivity index (χ4v) is 4.93. The first-order valence-corrected chi connectivity index (χ1v) is 12.0. The third kappa shape index (κ3) is 4.88. The lowest BCUT2D eigenvalue weighted by atomic mass is 9.79. The van der Waals surface area contributed by atoms with Gasteiger partial charge >= 0.3 is 0 Å². The maximum Gasteiger partial charge on any atom is 0.213 e. The van der Waals surface area contributed by atoms with Crippen LogP contribution in [0.25, 0.3) is 0 Å². The van der Waals surface area contributed by atoms with Crippen LogP contribution in [0.15, 0.2) is 47.6 Å². The molecule has 0 aromatic heterocycles. The zero-order chi connectivity index (χ0) is 22.2. The minimum Gasteiger partial charge on any atom is -0.463 e. The summed E-state index contributed by atoms with van der Waals surface area (Å²) in [4.78, 5) is 0. The van der Waals surface area contributed by atoms with Crippen LogP contribution in [0.2, 0.25) is 10.0 Å². The molecule has 0 N–H and O–H groups in total. The van der Waals surface area contributed by atoms with Crippen LogP contribution in [0.5, 0.6) is 5.75 Å². The Bertz CT molecular complexity index is 952. The summed E-state index contributed by atoms with van der Waals surface area (Å²) < 4.78 is 6.39. The van der Waals surface area contributed by atoms with E-state index in [0.29, 0.717) is 15.5 Å². The van der Waals surface area contributed by atoms with E-state index in [1.807, 2.05) is 24.3 Å². The van der Waals surface area contributed by atoms with Crippen molar-refractivity contribution in [1.29, 1.82) is 0 Å². The molecule has 0 saturated heterocycles. The van der Waals surface area contributed by atoms with Gasteiger partial charge in [-0.05, 0) is 36.3 Å². The topological polar surface area (TPSA) is 24.8 Å². The molecule has 2 heterocycles. The Morgan fingerprint density at radius 3 is 2.58 bits per heavy atom. The number of hydrogen-bond acceptors (Lipinski definition) is 3. The van der Waals surface area contributed by atoms with E-state index < -0.39 is 0 Å². The molecule has 166 valence electrons. The monoisotopic (exact) mass is 458 g/mol. The van der Waals surface area contributed by atoms with Crippen LogP contribution in [0.1, 0.15) is 83.2 Å². The molecule has 31 heavy (non-hydrogen) atoms. The molecule has 0 saturated carbocycles. The van der Waals surface area contributed by atoms with E-state index in [0.717, 1.165) is 35.6 Å². The van der Waals surface area contributed by atoms with E-state index in [-0.39, 0.29) is 12.3 Å². The zero-order valence-electron chi connectivity index (χ0n) is 18.9. The summed E-state index contributed by atoms with van der Waals surface area (Å²) in [5.41, 5.74) is 3.72. The first-order chi connectivity index (χ1) is 14.7. The van der Waals surface area contributed by atoms with Crippen LogP contribution in [0.4, 0.5) is 0 Å². The molecule has 3 nitrogen and oxygen atoms in total. The average molecular weight is 459 g/mol. The van der Waals surface area contributed by atoms with Crippen LogP contribution in [0.3, 0.4) is 0 Å². The van der Waals surface area contributed by atoms with Gasteiger partial charge in [0, 0.05) is 28.3 Å². The van der Waals surface area contributed by atoms with Gasteiger partial charge in [-0.15, -0.1) is 0 Å². The highest BCUT2D eigenvalue weighted by atomic mass is 35.5. The first-order valence-electron chi connectivity index (χ1n) is 11.3. The maximum atomic E-state index is 6.53. The van der Waals surface area contributed by atoms with Crippen LogP contribution in [0, 0.1) is 11.3 Å². The summed E-state index contributed by atoms with van der Waals surface area (Å²) in [6, 6.07) is 14.1. The van der Waals surface area contributed by atoms with E-state index in [4.69, 9.17) is 33.0 Å². The second-order valence-electron chi connectivity index (χ2n) is 9.97. The van der Waals surface area contributed by atoms with Gasteiger partial charge in [-0.1, -0.05) is 94.1 Å². The first kappa shape index (κ1) is 22.5. The van der Waals surface area contributed by atoms with Crippen molar-refractivity contribution in [3.63, 3.8) is 0 Å². The van der Waals surface area contributed by atoms with Gasteiger partial charge in [-0.3, -0.25) is 0 Å². The molecular formula is C26H32Cl2N2O. The van der Waals surface area contributed by atoms with Crippen molar-refractivity contribution in [2.75, 3.05) is 0 Å². The Balaban J connectivity index is 1.52. The van der Waals surface area contributed by atoms with Crippen molar-refractivity contribution >= 4 is 28.9 Å². The predicted octanol–water partition coefficient (Wildman–Crippen LogP) is 8.43. The van der Waals surface area contributed by atoms with E-state index in [1.54, 1.807) is 6.07 Å². The summed E-state index contributed by atoms with van der Waals surface area (Å²) in [6.45, 7) is 9.34. The summed E-state index contributed by atoms with van der Waals surface area (Å²) in [5.74, 6) is 1.45. The number of unbranched alkanes of at least 4 members (excludes halogenated alkanes) is 1. The predicted molar refractivity (Wildman–Crippen MR) is 130 cm³/mol. The van der Waals surface area contributed by atoms with Crippen LogP contribution in [-0.4, -0.2) is 10.7 Å². The third-order valence-corrected chi connectivity index (χ3v) is 7.29. The number of ether oxygens (including phenoxy) is 1. The molecule has 2 aliphatic rings. The largest absolute Gasteiger partial charge is 0.463 e. The van der Waals surface area contributed by atoms with Crippen molar-refractivity contribution in [3.8, 4) is 5.75 Å². The van der Waals surface area contributed by atoms with E-state index >= 15 is 0 Å². The zero-order valence-corrected chi connectivity index (χ0v) is 20.4. The van der Waals surface area contributed by atoms with Gasteiger partial charge < -0.3 is 4.74 Å². The van der Waals surface area contributed by atoms with Gasteiger partial charge in [-0.2, -0.15) is 5.10 Å². The molecule has 2 aliphatic heterocycles. The van der Waals surface area contributed by atoms with Gasteiger partial charge in [-0.25, -0.2) is 5.01 Å². The normalized spacial score (nSPS) is 21.2. The Labute approximate surface area is 196 Å². The SMILES string of the molecule is CC(CCCCC1=NN2C(C1)c1cc(Cl)cc(Cl)c1OC2c1ccccc1)C(C)(C)C. The molecule has 0 fully saturated rings. The Hall–Kier alpha value is -1.71. The highest BCUT2D eigenvalue weighted by Crippen LogP contribution is 2.50. The molecule has 0 aliphatic carbocycles.